The summed E-state index contributed by atoms with van der Waals surface area (Å²) in [6.45, 7) is 4.57. The van der Waals surface area contributed by atoms with Crippen molar-refractivity contribution in [2.24, 2.45) is 11.8 Å². The van der Waals surface area contributed by atoms with Crippen LogP contribution in [0.1, 0.15) is 58.8 Å². The SMILES string of the molecule is CC1CCCC(N2C(=O)C3=C(CCCC3)C2Nc2ccc([N+](=O)[O-])cc2)C1C. The predicted octanol–water partition coefficient (Wildman–Crippen LogP) is 4.87. The summed E-state index contributed by atoms with van der Waals surface area (Å²) in [7, 11) is 0. The van der Waals surface area contributed by atoms with Crippen LogP contribution in [0.15, 0.2) is 35.4 Å². The maximum atomic E-state index is 13.4. The summed E-state index contributed by atoms with van der Waals surface area (Å²) < 4.78 is 0. The molecule has 4 unspecified atom stereocenters. The third-order valence-electron chi connectivity index (χ3n) is 7.01. The fraction of sp³-hybridized carbons (Fsp3) is 0.591. The van der Waals surface area contributed by atoms with E-state index in [1.165, 1.54) is 24.1 Å². The number of carbonyl (C=O) groups is 1. The monoisotopic (exact) mass is 383 g/mol. The summed E-state index contributed by atoms with van der Waals surface area (Å²) in [6.07, 6.45) is 7.35. The molecule has 1 heterocycles. The van der Waals surface area contributed by atoms with E-state index in [0.717, 1.165) is 49.8 Å². The molecule has 3 aliphatic rings. The van der Waals surface area contributed by atoms with Crippen molar-refractivity contribution in [2.75, 3.05) is 5.32 Å². The number of non-ortho nitro benzene ring substituents is 1. The molecule has 2 aliphatic carbocycles. The maximum Gasteiger partial charge on any atom is 0.269 e. The normalized spacial score (nSPS) is 30.4. The predicted molar refractivity (Wildman–Crippen MR) is 109 cm³/mol. The molecule has 1 fully saturated rings. The minimum atomic E-state index is -0.387. The summed E-state index contributed by atoms with van der Waals surface area (Å²) in [5.74, 6) is 1.30. The molecule has 1 aliphatic heterocycles. The average molecular weight is 383 g/mol. The Bertz CT molecular complexity index is 802. The zero-order chi connectivity index (χ0) is 19.8. The van der Waals surface area contributed by atoms with E-state index in [9.17, 15) is 14.9 Å². The number of carbonyl (C=O) groups excluding carboxylic acids is 1. The Morgan fingerprint density at radius 2 is 1.79 bits per heavy atom. The summed E-state index contributed by atoms with van der Waals surface area (Å²) in [6, 6.07) is 6.78. The second kappa shape index (κ2) is 7.57. The molecule has 4 rings (SSSR count). The first-order chi connectivity index (χ1) is 13.5. The number of benzene rings is 1. The van der Waals surface area contributed by atoms with Crippen LogP contribution >= 0.6 is 0 Å². The highest BCUT2D eigenvalue weighted by Gasteiger charge is 2.45. The minimum absolute atomic E-state index is 0.0807. The van der Waals surface area contributed by atoms with Crippen molar-refractivity contribution in [1.29, 1.82) is 0 Å². The van der Waals surface area contributed by atoms with Crippen molar-refractivity contribution in [3.63, 3.8) is 0 Å². The fourth-order valence-electron chi connectivity index (χ4n) is 5.20. The van der Waals surface area contributed by atoms with Crippen LogP contribution < -0.4 is 5.32 Å². The molecule has 1 aromatic rings. The second-order valence-corrected chi connectivity index (χ2v) is 8.61. The third-order valence-corrected chi connectivity index (χ3v) is 7.01. The fourth-order valence-corrected chi connectivity index (χ4v) is 5.20. The van der Waals surface area contributed by atoms with E-state index in [0.29, 0.717) is 11.8 Å². The number of anilines is 1. The highest BCUT2D eigenvalue weighted by molar-refractivity contribution is 5.98. The Morgan fingerprint density at radius 3 is 2.50 bits per heavy atom. The van der Waals surface area contributed by atoms with E-state index in [2.05, 4.69) is 24.1 Å². The van der Waals surface area contributed by atoms with Crippen LogP contribution in [0, 0.1) is 22.0 Å². The van der Waals surface area contributed by atoms with E-state index in [-0.39, 0.29) is 28.7 Å². The van der Waals surface area contributed by atoms with Crippen molar-refractivity contribution >= 4 is 17.3 Å². The number of hydrogen-bond donors (Lipinski definition) is 1. The summed E-state index contributed by atoms with van der Waals surface area (Å²) >= 11 is 0. The van der Waals surface area contributed by atoms with Gasteiger partial charge in [-0.1, -0.05) is 26.7 Å². The number of nitro groups is 1. The zero-order valence-electron chi connectivity index (χ0n) is 16.7. The van der Waals surface area contributed by atoms with Gasteiger partial charge in [0.2, 0.25) is 0 Å². The molecular weight excluding hydrogens is 354 g/mol. The molecule has 0 radical (unpaired) electrons. The topological polar surface area (TPSA) is 75.5 Å². The molecule has 0 spiro atoms. The molecule has 6 nitrogen and oxygen atoms in total. The molecule has 150 valence electrons. The Morgan fingerprint density at radius 1 is 1.07 bits per heavy atom. The molecule has 0 aromatic heterocycles. The molecule has 0 bridgehead atoms. The zero-order valence-corrected chi connectivity index (χ0v) is 16.7. The van der Waals surface area contributed by atoms with E-state index in [4.69, 9.17) is 0 Å². The second-order valence-electron chi connectivity index (χ2n) is 8.61. The molecule has 1 amide bonds. The smallest absolute Gasteiger partial charge is 0.269 e. The standard InChI is InChI=1S/C22H29N3O3/c1-14-6-5-9-20(15(14)2)24-21(18-7-3-4-8-19(18)22(24)26)23-16-10-12-17(13-11-16)25(27)28/h10-15,20-21,23H,3-9H2,1-2H3. The van der Waals surface area contributed by atoms with Gasteiger partial charge in [-0.15, -0.1) is 0 Å². The number of rotatable bonds is 4. The molecule has 6 heteroatoms. The van der Waals surface area contributed by atoms with E-state index >= 15 is 0 Å². The molecule has 4 atom stereocenters. The molecular formula is C22H29N3O3. The van der Waals surface area contributed by atoms with Gasteiger partial charge < -0.3 is 10.2 Å². The minimum Gasteiger partial charge on any atom is -0.362 e. The average Bonchev–Trinajstić information content (AvgIpc) is 2.97. The number of nitrogens with zero attached hydrogens (tertiary/aromatic N) is 2. The van der Waals surface area contributed by atoms with Gasteiger partial charge in [0, 0.05) is 29.4 Å². The lowest BCUT2D eigenvalue weighted by molar-refractivity contribution is -0.384. The van der Waals surface area contributed by atoms with Gasteiger partial charge >= 0.3 is 0 Å². The molecule has 1 aromatic carbocycles. The lowest BCUT2D eigenvalue weighted by Gasteiger charge is -2.43. The molecule has 1 N–H and O–H groups in total. The van der Waals surface area contributed by atoms with Gasteiger partial charge in [0.25, 0.3) is 11.6 Å². The Balaban J connectivity index is 1.64. The van der Waals surface area contributed by atoms with Crippen molar-refractivity contribution < 1.29 is 9.72 Å². The number of amides is 1. The van der Waals surface area contributed by atoms with Crippen LogP contribution in [0.2, 0.25) is 0 Å². The van der Waals surface area contributed by atoms with Gasteiger partial charge in [-0.3, -0.25) is 14.9 Å². The number of hydrogen-bond acceptors (Lipinski definition) is 4. The quantitative estimate of drug-likeness (QED) is 0.594. The van der Waals surface area contributed by atoms with Gasteiger partial charge in [-0.25, -0.2) is 0 Å². The highest BCUT2D eigenvalue weighted by atomic mass is 16.6. The Kier molecular flexibility index (Phi) is 5.13. The van der Waals surface area contributed by atoms with Gasteiger partial charge in [0.1, 0.15) is 6.17 Å². The Hall–Kier alpha value is -2.37. The van der Waals surface area contributed by atoms with E-state index in [1.807, 2.05) is 0 Å². The van der Waals surface area contributed by atoms with Crippen LogP contribution in [-0.4, -0.2) is 27.9 Å². The highest BCUT2D eigenvalue weighted by Crippen LogP contribution is 2.42. The van der Waals surface area contributed by atoms with Crippen molar-refractivity contribution in [2.45, 2.75) is 71.0 Å². The maximum absolute atomic E-state index is 13.4. The van der Waals surface area contributed by atoms with Crippen LogP contribution in [-0.2, 0) is 4.79 Å². The van der Waals surface area contributed by atoms with Crippen LogP contribution in [0.5, 0.6) is 0 Å². The Labute approximate surface area is 166 Å². The third kappa shape index (κ3) is 3.29. The summed E-state index contributed by atoms with van der Waals surface area (Å²) in [5.41, 5.74) is 3.15. The van der Waals surface area contributed by atoms with Gasteiger partial charge in [0.15, 0.2) is 0 Å². The van der Waals surface area contributed by atoms with Crippen molar-refractivity contribution in [1.82, 2.24) is 4.90 Å². The lowest BCUT2D eigenvalue weighted by atomic mass is 9.77. The first-order valence-electron chi connectivity index (χ1n) is 10.5. The van der Waals surface area contributed by atoms with Crippen molar-refractivity contribution in [3.8, 4) is 0 Å². The van der Waals surface area contributed by atoms with Gasteiger partial charge in [0.05, 0.1) is 4.92 Å². The van der Waals surface area contributed by atoms with E-state index < -0.39 is 0 Å². The summed E-state index contributed by atoms with van der Waals surface area (Å²) in [4.78, 5) is 26.0. The van der Waals surface area contributed by atoms with Crippen molar-refractivity contribution in [3.05, 3.63) is 45.5 Å². The largest absolute Gasteiger partial charge is 0.362 e. The first-order valence-corrected chi connectivity index (χ1v) is 10.5. The number of nitro benzene ring substituents is 1. The molecule has 1 saturated carbocycles. The van der Waals surface area contributed by atoms with E-state index in [1.54, 1.807) is 12.1 Å². The molecule has 0 saturated heterocycles. The molecule has 28 heavy (non-hydrogen) atoms. The van der Waals surface area contributed by atoms with Crippen LogP contribution in [0.25, 0.3) is 0 Å². The van der Waals surface area contributed by atoms with Crippen LogP contribution in [0.4, 0.5) is 11.4 Å². The summed E-state index contributed by atoms with van der Waals surface area (Å²) in [5, 5.41) is 14.5. The first kappa shape index (κ1) is 19.0. The van der Waals surface area contributed by atoms with Gasteiger partial charge in [-0.05, 0) is 61.6 Å². The lowest BCUT2D eigenvalue weighted by Crippen LogP contribution is -2.52. The van der Waals surface area contributed by atoms with Gasteiger partial charge in [-0.2, -0.15) is 0 Å². The number of nitrogens with one attached hydrogen (secondary N) is 1. The van der Waals surface area contributed by atoms with Crippen LogP contribution in [0.3, 0.4) is 0 Å².